The molecule has 126 valence electrons. The van der Waals surface area contributed by atoms with Gasteiger partial charge in [-0.2, -0.15) is 0 Å². The summed E-state index contributed by atoms with van der Waals surface area (Å²) in [6.45, 7) is 2.83. The maximum Gasteiger partial charge on any atom is 0.288 e. The third-order valence-corrected chi connectivity index (χ3v) is 3.62. The van der Waals surface area contributed by atoms with Crippen LogP contribution >= 0.6 is 0 Å². The molecule has 1 atom stereocenters. The third kappa shape index (κ3) is 3.53. The predicted octanol–water partition coefficient (Wildman–Crippen LogP) is 2.86. The van der Waals surface area contributed by atoms with Gasteiger partial charge in [0.05, 0.1) is 11.1 Å². The van der Waals surface area contributed by atoms with E-state index in [4.69, 9.17) is 0 Å². The van der Waals surface area contributed by atoms with Gasteiger partial charge >= 0.3 is 0 Å². The molecule has 0 radical (unpaired) electrons. The lowest BCUT2D eigenvalue weighted by Crippen LogP contribution is -2.26. The van der Waals surface area contributed by atoms with Crippen LogP contribution in [0.3, 0.4) is 0 Å². The van der Waals surface area contributed by atoms with Gasteiger partial charge in [-0.1, -0.05) is 6.92 Å². The number of rotatable bonds is 5. The van der Waals surface area contributed by atoms with Crippen LogP contribution in [0, 0.1) is 34.6 Å². The number of carbonyl (C=O) groups excluding carboxylic acids is 1. The van der Waals surface area contributed by atoms with E-state index in [-0.39, 0.29) is 23.4 Å². The van der Waals surface area contributed by atoms with Crippen LogP contribution in [0.15, 0.2) is 35.3 Å². The maximum absolute atomic E-state index is 13.2. The molecule has 2 aromatic rings. The van der Waals surface area contributed by atoms with Crippen molar-refractivity contribution in [1.82, 2.24) is 4.57 Å². The van der Waals surface area contributed by atoms with Crippen LogP contribution in [0.2, 0.25) is 0 Å². The molecule has 1 heterocycles. The Morgan fingerprint density at radius 3 is 2.54 bits per heavy atom. The average molecular weight is 336 g/mol. The summed E-state index contributed by atoms with van der Waals surface area (Å²) < 4.78 is 27.2. The van der Waals surface area contributed by atoms with E-state index in [9.17, 15) is 28.5 Å². The highest BCUT2D eigenvalue weighted by Crippen LogP contribution is 2.17. The molecule has 0 spiro atoms. The number of carbonyl (C=O) groups is 1. The van der Waals surface area contributed by atoms with Crippen molar-refractivity contribution >= 4 is 11.5 Å². The first kappa shape index (κ1) is 17.5. The molecule has 1 aromatic heterocycles. The van der Waals surface area contributed by atoms with Gasteiger partial charge in [-0.05, 0) is 25.1 Å². The average Bonchev–Trinajstić information content (AvgIpc) is 2.51. The van der Waals surface area contributed by atoms with Crippen LogP contribution in [-0.4, -0.2) is 15.3 Å². The quantitative estimate of drug-likeness (QED) is 0.477. The monoisotopic (exact) mass is 336 g/mol. The number of nitro groups is 1. The largest absolute Gasteiger partial charge is 0.308 e. The Balaban J connectivity index is 2.28. The van der Waals surface area contributed by atoms with Crippen LogP contribution in [0.4, 0.5) is 14.5 Å². The van der Waals surface area contributed by atoms with Crippen LogP contribution in [0.5, 0.6) is 0 Å². The van der Waals surface area contributed by atoms with E-state index in [1.165, 1.54) is 13.8 Å². The van der Waals surface area contributed by atoms with Gasteiger partial charge in [0.1, 0.15) is 0 Å². The molecule has 0 amide bonds. The third-order valence-electron chi connectivity index (χ3n) is 3.62. The van der Waals surface area contributed by atoms with Crippen LogP contribution in [-0.2, 0) is 6.54 Å². The first-order valence-corrected chi connectivity index (χ1v) is 7.05. The molecule has 0 saturated carbocycles. The molecule has 8 heteroatoms. The lowest BCUT2D eigenvalue weighted by Gasteiger charge is -2.13. The SMILES string of the molecule is Cc1cc(=O)n(C[C@H](C)C(=O)c2ccc(F)c(F)c2)cc1[N+](=O)[O-]. The van der Waals surface area contributed by atoms with E-state index in [1.54, 1.807) is 0 Å². The fraction of sp³-hybridized carbons (Fsp3) is 0.250. The van der Waals surface area contributed by atoms with Gasteiger partial charge in [-0.15, -0.1) is 0 Å². The highest BCUT2D eigenvalue weighted by molar-refractivity contribution is 5.97. The second kappa shape index (κ2) is 6.69. The minimum absolute atomic E-state index is 0.0314. The lowest BCUT2D eigenvalue weighted by atomic mass is 9.99. The zero-order chi connectivity index (χ0) is 18.0. The predicted molar refractivity (Wildman–Crippen MR) is 81.9 cm³/mol. The fourth-order valence-electron chi connectivity index (χ4n) is 2.30. The van der Waals surface area contributed by atoms with Crippen LogP contribution < -0.4 is 5.56 Å². The summed E-state index contributed by atoms with van der Waals surface area (Å²) in [4.78, 5) is 34.5. The maximum atomic E-state index is 13.2. The fourth-order valence-corrected chi connectivity index (χ4v) is 2.30. The van der Waals surface area contributed by atoms with Crippen LogP contribution in [0.25, 0.3) is 0 Å². The molecule has 0 aliphatic rings. The van der Waals surface area contributed by atoms with Crippen molar-refractivity contribution in [1.29, 1.82) is 0 Å². The molecule has 0 unspecified atom stereocenters. The second-order valence-electron chi connectivity index (χ2n) is 5.48. The van der Waals surface area contributed by atoms with Gasteiger partial charge in [0.2, 0.25) is 0 Å². The first-order valence-electron chi connectivity index (χ1n) is 7.05. The molecule has 0 saturated heterocycles. The van der Waals surface area contributed by atoms with Gasteiger partial charge in [0, 0.05) is 29.7 Å². The van der Waals surface area contributed by atoms with Gasteiger partial charge < -0.3 is 4.57 Å². The van der Waals surface area contributed by atoms with Crippen LogP contribution in [0.1, 0.15) is 22.8 Å². The Bertz CT molecular complexity index is 877. The number of aryl methyl sites for hydroxylation is 1. The van der Waals surface area contributed by atoms with Gasteiger partial charge in [0.25, 0.3) is 11.2 Å². The first-order chi connectivity index (χ1) is 11.2. The van der Waals surface area contributed by atoms with Gasteiger partial charge in [-0.25, -0.2) is 8.78 Å². The van der Waals surface area contributed by atoms with Crippen molar-refractivity contribution < 1.29 is 18.5 Å². The smallest absolute Gasteiger partial charge is 0.288 e. The Hall–Kier alpha value is -2.90. The summed E-state index contributed by atoms with van der Waals surface area (Å²) in [5.74, 6) is -3.46. The number of hydrogen-bond acceptors (Lipinski definition) is 4. The molecule has 6 nitrogen and oxygen atoms in total. The Morgan fingerprint density at radius 2 is 1.96 bits per heavy atom. The number of ketones is 1. The highest BCUT2D eigenvalue weighted by Gasteiger charge is 2.20. The normalized spacial score (nSPS) is 12.0. The molecule has 1 aromatic carbocycles. The Labute approximate surface area is 135 Å². The van der Waals surface area contributed by atoms with E-state index in [0.29, 0.717) is 0 Å². The van der Waals surface area contributed by atoms with Crippen molar-refractivity contribution in [2.75, 3.05) is 0 Å². The summed E-state index contributed by atoms with van der Waals surface area (Å²) >= 11 is 0. The molecular formula is C16H14F2N2O4. The number of Topliss-reactive ketones (excluding diaryl/α,β-unsaturated/α-hetero) is 1. The second-order valence-corrected chi connectivity index (χ2v) is 5.48. The minimum Gasteiger partial charge on any atom is -0.308 e. The van der Waals surface area contributed by atoms with Gasteiger partial charge in [0.15, 0.2) is 17.4 Å². The Kier molecular flexibility index (Phi) is 4.87. The topological polar surface area (TPSA) is 82.2 Å². The van der Waals surface area contributed by atoms with Crippen molar-refractivity contribution in [2.45, 2.75) is 20.4 Å². The van der Waals surface area contributed by atoms with E-state index in [1.807, 2.05) is 0 Å². The van der Waals surface area contributed by atoms with Crippen molar-refractivity contribution in [2.24, 2.45) is 5.92 Å². The van der Waals surface area contributed by atoms with Gasteiger partial charge in [-0.3, -0.25) is 19.7 Å². The zero-order valence-corrected chi connectivity index (χ0v) is 13.0. The summed E-state index contributed by atoms with van der Waals surface area (Å²) in [5, 5.41) is 10.9. The Morgan fingerprint density at radius 1 is 1.29 bits per heavy atom. The molecule has 0 bridgehead atoms. The minimum atomic E-state index is -1.14. The molecule has 0 aliphatic heterocycles. The number of pyridine rings is 1. The number of nitrogens with zero attached hydrogens (tertiary/aromatic N) is 2. The summed E-state index contributed by atoms with van der Waals surface area (Å²) in [7, 11) is 0. The molecule has 0 N–H and O–H groups in total. The summed E-state index contributed by atoms with van der Waals surface area (Å²) in [6.07, 6.45) is 1.08. The lowest BCUT2D eigenvalue weighted by molar-refractivity contribution is -0.385. The molecule has 0 fully saturated rings. The van der Waals surface area contributed by atoms with Crippen molar-refractivity contribution in [3.05, 3.63) is 73.7 Å². The van der Waals surface area contributed by atoms with E-state index < -0.39 is 33.8 Å². The van der Waals surface area contributed by atoms with Crippen molar-refractivity contribution in [3.63, 3.8) is 0 Å². The van der Waals surface area contributed by atoms with E-state index in [2.05, 4.69) is 0 Å². The van der Waals surface area contributed by atoms with Crippen molar-refractivity contribution in [3.8, 4) is 0 Å². The zero-order valence-electron chi connectivity index (χ0n) is 13.0. The number of benzene rings is 1. The standard InChI is InChI=1S/C16H14F2N2O4/c1-9-5-15(21)19(8-14(9)20(23)24)7-10(2)16(22)11-3-4-12(17)13(18)6-11/h3-6,8,10H,7H2,1-2H3/t10-/m0/s1. The number of halogens is 2. The molecule has 2 rings (SSSR count). The molecule has 24 heavy (non-hydrogen) atoms. The molecular weight excluding hydrogens is 322 g/mol. The number of hydrogen-bond donors (Lipinski definition) is 0. The molecule has 0 aliphatic carbocycles. The van der Waals surface area contributed by atoms with E-state index >= 15 is 0 Å². The summed E-state index contributed by atoms with van der Waals surface area (Å²) in [6, 6.07) is 3.90. The highest BCUT2D eigenvalue weighted by atomic mass is 19.2. The summed E-state index contributed by atoms with van der Waals surface area (Å²) in [5.41, 5.74) is -0.526. The number of aromatic nitrogens is 1. The van der Waals surface area contributed by atoms with E-state index in [0.717, 1.165) is 35.0 Å².